The largest absolute Gasteiger partial charge is 0.235 e. The summed E-state index contributed by atoms with van der Waals surface area (Å²) in [6.07, 6.45) is 4.27. The fraction of sp³-hybridized carbons (Fsp3) is 0.0154. The summed E-state index contributed by atoms with van der Waals surface area (Å²) in [4.78, 5) is 5.28. The highest BCUT2D eigenvalue weighted by atomic mass is 15.0. The van der Waals surface area contributed by atoms with E-state index in [4.69, 9.17) is 4.98 Å². The van der Waals surface area contributed by atoms with Crippen LogP contribution >= 0.6 is 0 Å². The molecule has 1 aliphatic rings. The van der Waals surface area contributed by atoms with Crippen LogP contribution < -0.4 is 4.57 Å². The molecule has 1 aromatic heterocycles. The zero-order chi connectivity index (χ0) is 44.3. The lowest BCUT2D eigenvalue weighted by Crippen LogP contribution is -2.30. The first-order valence-corrected chi connectivity index (χ1v) is 23.1. The Labute approximate surface area is 390 Å². The van der Waals surface area contributed by atoms with Crippen LogP contribution in [-0.2, 0) is 5.41 Å². The van der Waals surface area contributed by atoms with Crippen molar-refractivity contribution in [1.82, 2.24) is 4.98 Å². The molecule has 0 saturated heterocycles. The van der Waals surface area contributed by atoms with Crippen molar-refractivity contribution in [3.05, 3.63) is 283 Å². The average molecular weight is 852 g/mol. The Hall–Kier alpha value is -8.72. The molecule has 0 atom stereocenters. The Balaban J connectivity index is 0.976. The summed E-state index contributed by atoms with van der Waals surface area (Å²) in [6.45, 7) is 0. The monoisotopic (exact) mass is 851 g/mol. The summed E-state index contributed by atoms with van der Waals surface area (Å²) in [5.74, 6) is 0. The predicted octanol–water partition coefficient (Wildman–Crippen LogP) is 15.8. The van der Waals surface area contributed by atoms with E-state index < -0.39 is 5.41 Å². The number of nitrogens with zero attached hydrogens (tertiary/aromatic N) is 2. The van der Waals surface area contributed by atoms with Crippen LogP contribution in [0.1, 0.15) is 22.3 Å². The van der Waals surface area contributed by atoms with Crippen molar-refractivity contribution >= 4 is 32.3 Å². The number of aromatic nitrogens is 2. The van der Waals surface area contributed by atoms with Gasteiger partial charge in [0.2, 0.25) is 18.1 Å². The lowest BCUT2D eigenvalue weighted by atomic mass is 9.67. The molecule has 1 heterocycles. The molecule has 0 unspecified atom stereocenters. The second kappa shape index (κ2) is 15.8. The molecule has 12 aromatic rings. The molecule has 0 bridgehead atoms. The van der Waals surface area contributed by atoms with Crippen molar-refractivity contribution in [3.63, 3.8) is 0 Å². The third-order valence-electron chi connectivity index (χ3n) is 14.0. The van der Waals surface area contributed by atoms with E-state index >= 15 is 0 Å². The Morgan fingerprint density at radius 3 is 1.55 bits per heavy atom. The molecule has 0 fully saturated rings. The summed E-state index contributed by atoms with van der Waals surface area (Å²) < 4.78 is 2.19. The van der Waals surface area contributed by atoms with Crippen LogP contribution in [0.2, 0.25) is 0 Å². The zero-order valence-electron chi connectivity index (χ0n) is 36.7. The van der Waals surface area contributed by atoms with E-state index in [0.717, 1.165) is 33.8 Å². The number of benzene rings is 11. The molecule has 2 nitrogen and oxygen atoms in total. The fourth-order valence-corrected chi connectivity index (χ4v) is 11.0. The molecule has 11 aromatic carbocycles. The van der Waals surface area contributed by atoms with Crippen LogP contribution in [0.3, 0.4) is 0 Å². The van der Waals surface area contributed by atoms with E-state index in [9.17, 15) is 0 Å². The van der Waals surface area contributed by atoms with Gasteiger partial charge in [0.15, 0.2) is 0 Å². The quantitative estimate of drug-likeness (QED) is 0.115. The first-order chi connectivity index (χ1) is 33.2. The molecule has 0 aliphatic heterocycles. The maximum Gasteiger partial charge on any atom is 0.210 e. The highest BCUT2D eigenvalue weighted by Gasteiger charge is 2.46. The summed E-state index contributed by atoms with van der Waals surface area (Å²) in [5, 5.41) is 7.49. The van der Waals surface area contributed by atoms with Gasteiger partial charge in [-0.05, 0) is 106 Å². The second-order valence-corrected chi connectivity index (χ2v) is 17.7. The van der Waals surface area contributed by atoms with Gasteiger partial charge in [0.05, 0.1) is 5.41 Å². The average Bonchev–Trinajstić information content (AvgIpc) is 3.72. The fourth-order valence-electron chi connectivity index (χ4n) is 11.0. The summed E-state index contributed by atoms with van der Waals surface area (Å²) in [6, 6.07) is 90.9. The van der Waals surface area contributed by atoms with Crippen molar-refractivity contribution in [3.8, 4) is 61.6 Å². The van der Waals surface area contributed by atoms with Crippen molar-refractivity contribution in [2.45, 2.75) is 5.41 Å². The molecule has 0 spiro atoms. The number of para-hydroxylation sites is 1. The molecule has 0 radical (unpaired) electrons. The van der Waals surface area contributed by atoms with Gasteiger partial charge in [-0.15, -0.1) is 0 Å². The molecule has 67 heavy (non-hydrogen) atoms. The molecular weight excluding hydrogens is 809 g/mol. The van der Waals surface area contributed by atoms with E-state index in [1.54, 1.807) is 0 Å². The molecule has 2 heteroatoms. The number of hydrogen-bond donors (Lipinski definition) is 0. The van der Waals surface area contributed by atoms with Gasteiger partial charge in [0, 0.05) is 23.3 Å². The van der Waals surface area contributed by atoms with Gasteiger partial charge < -0.3 is 0 Å². The zero-order valence-corrected chi connectivity index (χ0v) is 36.7. The summed E-state index contributed by atoms with van der Waals surface area (Å²) in [7, 11) is 0. The van der Waals surface area contributed by atoms with Crippen LogP contribution in [0.4, 0.5) is 0 Å². The van der Waals surface area contributed by atoms with Crippen LogP contribution in [0.25, 0.3) is 93.9 Å². The predicted molar refractivity (Wildman–Crippen MR) is 277 cm³/mol. The Morgan fingerprint density at radius 2 is 0.806 bits per heavy atom. The van der Waals surface area contributed by atoms with Crippen LogP contribution in [0.15, 0.2) is 261 Å². The van der Waals surface area contributed by atoms with E-state index in [-0.39, 0.29) is 0 Å². The minimum absolute atomic E-state index is 0.428. The molecular formula is C65H43N2+. The topological polar surface area (TPSA) is 16.8 Å². The van der Waals surface area contributed by atoms with Crippen LogP contribution in [0.5, 0.6) is 0 Å². The summed E-state index contributed by atoms with van der Waals surface area (Å²) in [5.41, 5.74) is 17.1. The van der Waals surface area contributed by atoms with Gasteiger partial charge in [0.1, 0.15) is 11.4 Å². The lowest BCUT2D eigenvalue weighted by Gasteiger charge is -2.33. The normalized spacial score (nSPS) is 12.6. The van der Waals surface area contributed by atoms with Crippen LogP contribution in [-0.4, -0.2) is 4.98 Å². The smallest absolute Gasteiger partial charge is 0.210 e. The number of rotatable bonds is 7. The van der Waals surface area contributed by atoms with Crippen LogP contribution in [0, 0.1) is 0 Å². The third-order valence-corrected chi connectivity index (χ3v) is 14.0. The lowest BCUT2D eigenvalue weighted by molar-refractivity contribution is -0.595. The first-order valence-electron chi connectivity index (χ1n) is 23.1. The Morgan fingerprint density at radius 1 is 0.299 bits per heavy atom. The maximum absolute atomic E-state index is 5.28. The molecule has 0 saturated carbocycles. The second-order valence-electron chi connectivity index (χ2n) is 17.7. The number of fused-ring (bicyclic) bond motifs is 9. The minimum Gasteiger partial charge on any atom is -0.235 e. The minimum atomic E-state index is -0.428. The molecule has 0 amide bonds. The molecule has 13 rings (SSSR count). The van der Waals surface area contributed by atoms with E-state index in [1.165, 1.54) is 82.4 Å². The first kappa shape index (κ1) is 38.7. The van der Waals surface area contributed by atoms with Gasteiger partial charge in [-0.1, -0.05) is 218 Å². The van der Waals surface area contributed by atoms with Crippen molar-refractivity contribution in [1.29, 1.82) is 0 Å². The van der Waals surface area contributed by atoms with E-state index in [0.29, 0.717) is 0 Å². The van der Waals surface area contributed by atoms with Gasteiger partial charge in [-0.25, -0.2) is 4.98 Å². The van der Waals surface area contributed by atoms with Gasteiger partial charge in [-0.3, -0.25) is 0 Å². The molecule has 312 valence electrons. The standard InChI is InChI=1S/C65H43N2/c1-5-19-44(20-6-1)62-42-67(51-27-11-4-12-28-51)43-63(66-62)48-22-17-21-47(39-48)52-32-18-33-56-53-29-13-14-30-54(53)58-40-45(35-37-57(58)64(52)56)46-36-38-61-59(41-46)55-31-15-16-34-60(55)65(61,49-23-7-2-8-24-49)50-25-9-3-10-26-50/h1-43H/q+1. The SMILES string of the molecule is c1ccc(-c2c[n+](-c3ccccc3)cc(-c3cccc(-c4cccc5c6ccccc6c6cc(-c7ccc8c(c7)-c7ccccc7C8(c7ccccc7)c7ccccc7)ccc6c45)c3)n2)cc1. The Bertz CT molecular complexity index is 3740. The van der Waals surface area contributed by atoms with Crippen molar-refractivity contribution in [2.24, 2.45) is 0 Å². The van der Waals surface area contributed by atoms with E-state index in [1.807, 2.05) is 6.07 Å². The van der Waals surface area contributed by atoms with Gasteiger partial charge >= 0.3 is 0 Å². The summed E-state index contributed by atoms with van der Waals surface area (Å²) >= 11 is 0. The third kappa shape index (κ3) is 6.26. The van der Waals surface area contributed by atoms with Crippen molar-refractivity contribution in [2.75, 3.05) is 0 Å². The molecule has 1 aliphatic carbocycles. The molecule has 0 N–H and O–H groups in total. The van der Waals surface area contributed by atoms with Gasteiger partial charge in [-0.2, -0.15) is 4.57 Å². The Kier molecular flexibility index (Phi) is 9.11. The maximum atomic E-state index is 5.28. The highest BCUT2D eigenvalue weighted by molar-refractivity contribution is 6.28. The van der Waals surface area contributed by atoms with E-state index in [2.05, 4.69) is 260 Å². The number of hydrogen-bond acceptors (Lipinski definition) is 1. The highest BCUT2D eigenvalue weighted by Crippen LogP contribution is 2.56. The van der Waals surface area contributed by atoms with Crippen molar-refractivity contribution < 1.29 is 4.57 Å². The van der Waals surface area contributed by atoms with Gasteiger partial charge in [0.25, 0.3) is 0 Å².